The van der Waals surface area contributed by atoms with Crippen LogP contribution in [0.4, 0.5) is 17.1 Å². The lowest BCUT2D eigenvalue weighted by Gasteiger charge is -2.11. The fourth-order valence-corrected chi connectivity index (χ4v) is 2.23. The molecular weight excluding hydrogens is 338 g/mol. The standard InChI is InChI=1S/C19H22ClN3O2/c1-12(2)19(25)23-16-6-4-5-15(9-16)22-18(24)11-21-14-8-7-13(3)17(20)10-14/h4-10,12,21H,11H2,1-3H3,(H,22,24)(H,23,25). The molecule has 5 nitrogen and oxygen atoms in total. The molecule has 2 aromatic rings. The van der Waals surface area contributed by atoms with E-state index in [-0.39, 0.29) is 24.3 Å². The summed E-state index contributed by atoms with van der Waals surface area (Å²) in [6.45, 7) is 5.68. The highest BCUT2D eigenvalue weighted by molar-refractivity contribution is 6.31. The first-order valence-corrected chi connectivity index (χ1v) is 8.44. The van der Waals surface area contributed by atoms with E-state index >= 15 is 0 Å². The zero-order chi connectivity index (χ0) is 18.4. The fraction of sp³-hybridized carbons (Fsp3) is 0.263. The van der Waals surface area contributed by atoms with Crippen LogP contribution in [0.15, 0.2) is 42.5 Å². The van der Waals surface area contributed by atoms with E-state index in [2.05, 4.69) is 16.0 Å². The van der Waals surface area contributed by atoms with Crippen LogP contribution < -0.4 is 16.0 Å². The molecule has 0 saturated heterocycles. The lowest BCUT2D eigenvalue weighted by atomic mass is 10.2. The van der Waals surface area contributed by atoms with E-state index in [9.17, 15) is 9.59 Å². The van der Waals surface area contributed by atoms with Crippen LogP contribution in [-0.2, 0) is 9.59 Å². The average molecular weight is 360 g/mol. The number of benzene rings is 2. The van der Waals surface area contributed by atoms with E-state index in [1.165, 1.54) is 0 Å². The van der Waals surface area contributed by atoms with Crippen molar-refractivity contribution in [3.05, 3.63) is 53.1 Å². The van der Waals surface area contributed by atoms with Crippen molar-refractivity contribution < 1.29 is 9.59 Å². The summed E-state index contributed by atoms with van der Waals surface area (Å²) in [7, 11) is 0. The van der Waals surface area contributed by atoms with Crippen LogP contribution in [0.25, 0.3) is 0 Å². The maximum atomic E-state index is 12.1. The summed E-state index contributed by atoms with van der Waals surface area (Å²) in [5, 5.41) is 9.28. The van der Waals surface area contributed by atoms with Gasteiger partial charge in [-0.15, -0.1) is 0 Å². The molecule has 0 heterocycles. The van der Waals surface area contributed by atoms with Crippen LogP contribution in [0.2, 0.25) is 5.02 Å². The van der Waals surface area contributed by atoms with Gasteiger partial charge in [0.15, 0.2) is 0 Å². The summed E-state index contributed by atoms with van der Waals surface area (Å²) in [5.41, 5.74) is 3.03. The van der Waals surface area contributed by atoms with Crippen molar-refractivity contribution in [2.24, 2.45) is 5.92 Å². The van der Waals surface area contributed by atoms with Gasteiger partial charge in [0.25, 0.3) is 0 Å². The molecule has 0 aliphatic heterocycles. The van der Waals surface area contributed by atoms with Gasteiger partial charge in [-0.05, 0) is 42.8 Å². The molecule has 0 saturated carbocycles. The van der Waals surface area contributed by atoms with E-state index in [1.807, 2.05) is 32.9 Å². The molecule has 0 bridgehead atoms. The molecule has 0 aliphatic rings. The van der Waals surface area contributed by atoms with Crippen LogP contribution in [0.1, 0.15) is 19.4 Å². The molecule has 2 amide bonds. The Kier molecular flexibility index (Phi) is 6.42. The van der Waals surface area contributed by atoms with E-state index in [0.717, 1.165) is 11.3 Å². The molecule has 132 valence electrons. The Hall–Kier alpha value is -2.53. The van der Waals surface area contributed by atoms with Crippen molar-refractivity contribution in [2.75, 3.05) is 22.5 Å². The number of hydrogen-bond donors (Lipinski definition) is 3. The molecule has 2 aromatic carbocycles. The Labute approximate surface area is 152 Å². The van der Waals surface area contributed by atoms with Crippen molar-refractivity contribution in [1.29, 1.82) is 0 Å². The van der Waals surface area contributed by atoms with Gasteiger partial charge in [0.2, 0.25) is 11.8 Å². The SMILES string of the molecule is Cc1ccc(NCC(=O)Nc2cccc(NC(=O)C(C)C)c2)cc1Cl. The topological polar surface area (TPSA) is 70.2 Å². The number of rotatable bonds is 6. The Morgan fingerprint density at radius 3 is 2.32 bits per heavy atom. The zero-order valence-electron chi connectivity index (χ0n) is 14.5. The molecule has 2 rings (SSSR count). The third-order valence-corrected chi connectivity index (χ3v) is 3.97. The molecule has 0 aromatic heterocycles. The smallest absolute Gasteiger partial charge is 0.243 e. The van der Waals surface area contributed by atoms with Gasteiger partial charge in [-0.25, -0.2) is 0 Å². The number of amides is 2. The van der Waals surface area contributed by atoms with Crippen LogP contribution in [0, 0.1) is 12.8 Å². The third-order valence-electron chi connectivity index (χ3n) is 3.56. The first kappa shape index (κ1) is 18.8. The summed E-state index contributed by atoms with van der Waals surface area (Å²) in [4.78, 5) is 23.8. The van der Waals surface area contributed by atoms with Crippen LogP contribution >= 0.6 is 11.6 Å². The van der Waals surface area contributed by atoms with E-state index in [4.69, 9.17) is 11.6 Å². The van der Waals surface area contributed by atoms with E-state index in [1.54, 1.807) is 30.3 Å². The average Bonchev–Trinajstić information content (AvgIpc) is 2.56. The van der Waals surface area contributed by atoms with Gasteiger partial charge in [0, 0.05) is 28.0 Å². The monoisotopic (exact) mass is 359 g/mol. The number of halogens is 1. The van der Waals surface area contributed by atoms with Gasteiger partial charge >= 0.3 is 0 Å². The van der Waals surface area contributed by atoms with Gasteiger partial charge in [0.05, 0.1) is 6.54 Å². The summed E-state index contributed by atoms with van der Waals surface area (Å²) in [6.07, 6.45) is 0. The quantitative estimate of drug-likeness (QED) is 0.720. The van der Waals surface area contributed by atoms with Crippen molar-refractivity contribution in [3.63, 3.8) is 0 Å². The minimum Gasteiger partial charge on any atom is -0.376 e. The van der Waals surface area contributed by atoms with Crippen molar-refractivity contribution >= 4 is 40.5 Å². The number of carbonyl (C=O) groups is 2. The summed E-state index contributed by atoms with van der Waals surface area (Å²) in [5.74, 6) is -0.366. The predicted molar refractivity (Wildman–Crippen MR) is 103 cm³/mol. The highest BCUT2D eigenvalue weighted by atomic mass is 35.5. The Balaban J connectivity index is 1.91. The van der Waals surface area contributed by atoms with Gasteiger partial charge in [-0.2, -0.15) is 0 Å². The molecule has 0 unspecified atom stereocenters. The number of carbonyl (C=O) groups excluding carboxylic acids is 2. The number of hydrogen-bond acceptors (Lipinski definition) is 3. The molecule has 0 spiro atoms. The highest BCUT2D eigenvalue weighted by Gasteiger charge is 2.08. The zero-order valence-corrected chi connectivity index (χ0v) is 15.3. The van der Waals surface area contributed by atoms with Gasteiger partial charge in [-0.3, -0.25) is 9.59 Å². The lowest BCUT2D eigenvalue weighted by molar-refractivity contribution is -0.119. The van der Waals surface area contributed by atoms with Gasteiger partial charge < -0.3 is 16.0 Å². The molecule has 0 radical (unpaired) electrons. The normalized spacial score (nSPS) is 10.4. The first-order chi connectivity index (χ1) is 11.8. The van der Waals surface area contributed by atoms with Gasteiger partial charge in [0.1, 0.15) is 0 Å². The first-order valence-electron chi connectivity index (χ1n) is 8.06. The maximum absolute atomic E-state index is 12.1. The molecular formula is C19H22ClN3O2. The molecule has 6 heteroatoms. The van der Waals surface area contributed by atoms with Crippen molar-refractivity contribution in [3.8, 4) is 0 Å². The Morgan fingerprint density at radius 1 is 1.00 bits per heavy atom. The van der Waals surface area contributed by atoms with Crippen LogP contribution in [-0.4, -0.2) is 18.4 Å². The predicted octanol–water partition coefficient (Wildman–Crippen LogP) is 4.29. The summed E-state index contributed by atoms with van der Waals surface area (Å²) in [6, 6.07) is 12.6. The van der Waals surface area contributed by atoms with E-state index in [0.29, 0.717) is 16.4 Å². The molecule has 0 atom stereocenters. The fourth-order valence-electron chi connectivity index (χ4n) is 2.05. The number of anilines is 3. The second-order valence-electron chi connectivity index (χ2n) is 6.09. The minimum absolute atomic E-state index is 0.0682. The molecule has 3 N–H and O–H groups in total. The number of aryl methyl sites for hydroxylation is 1. The molecule has 0 fully saturated rings. The highest BCUT2D eigenvalue weighted by Crippen LogP contribution is 2.20. The minimum atomic E-state index is -0.191. The van der Waals surface area contributed by atoms with Crippen LogP contribution in [0.5, 0.6) is 0 Å². The van der Waals surface area contributed by atoms with Crippen LogP contribution in [0.3, 0.4) is 0 Å². The van der Waals surface area contributed by atoms with Gasteiger partial charge in [-0.1, -0.05) is 37.6 Å². The third kappa shape index (κ3) is 5.80. The Bertz CT molecular complexity index is 775. The summed E-state index contributed by atoms with van der Waals surface area (Å²) >= 11 is 6.06. The van der Waals surface area contributed by atoms with E-state index < -0.39 is 0 Å². The number of nitrogens with one attached hydrogen (secondary N) is 3. The second kappa shape index (κ2) is 8.53. The van der Waals surface area contributed by atoms with Crippen molar-refractivity contribution in [1.82, 2.24) is 0 Å². The maximum Gasteiger partial charge on any atom is 0.243 e. The largest absolute Gasteiger partial charge is 0.376 e. The van der Waals surface area contributed by atoms with Crippen molar-refractivity contribution in [2.45, 2.75) is 20.8 Å². The second-order valence-corrected chi connectivity index (χ2v) is 6.50. The summed E-state index contributed by atoms with van der Waals surface area (Å²) < 4.78 is 0. The Morgan fingerprint density at radius 2 is 1.68 bits per heavy atom. The molecule has 25 heavy (non-hydrogen) atoms. The lowest BCUT2D eigenvalue weighted by Crippen LogP contribution is -2.22. The molecule has 0 aliphatic carbocycles.